The number of nitrogens with two attached hydrogens (primary N) is 2. The van der Waals surface area contributed by atoms with Crippen molar-refractivity contribution in [1.82, 2.24) is 10.8 Å². The predicted molar refractivity (Wildman–Crippen MR) is 111 cm³/mol. The molecule has 7 N–H and O–H groups in total. The Morgan fingerprint density at radius 2 is 1.94 bits per heavy atom. The average Bonchev–Trinajstić information content (AvgIpc) is 3.13. The van der Waals surface area contributed by atoms with Crippen molar-refractivity contribution in [2.24, 2.45) is 11.5 Å². The highest BCUT2D eigenvalue weighted by atomic mass is 16.7. The fourth-order valence-electron chi connectivity index (χ4n) is 2.74. The van der Waals surface area contributed by atoms with Crippen LogP contribution in [0.4, 0.5) is 4.79 Å². The Bertz CT molecular complexity index is 820. The van der Waals surface area contributed by atoms with Crippen molar-refractivity contribution in [3.63, 3.8) is 0 Å². The van der Waals surface area contributed by atoms with E-state index in [0.29, 0.717) is 12.0 Å². The minimum absolute atomic E-state index is 0.0857. The van der Waals surface area contributed by atoms with Gasteiger partial charge in [0.1, 0.15) is 17.5 Å². The molecule has 0 bridgehead atoms. The molecule has 2 rings (SSSR count). The summed E-state index contributed by atoms with van der Waals surface area (Å²) in [6.45, 7) is 5.10. The van der Waals surface area contributed by atoms with Gasteiger partial charge >= 0.3 is 18.0 Å². The summed E-state index contributed by atoms with van der Waals surface area (Å²) in [5, 5.41) is 10.4. The van der Waals surface area contributed by atoms with Crippen LogP contribution in [-0.2, 0) is 23.9 Å². The Kier molecular flexibility index (Phi) is 8.22. The van der Waals surface area contributed by atoms with Crippen LogP contribution in [0.3, 0.4) is 0 Å². The Hall–Kier alpha value is -2.86. The van der Waals surface area contributed by atoms with Crippen LogP contribution in [0.1, 0.15) is 50.8 Å². The lowest BCUT2D eigenvalue weighted by Gasteiger charge is -2.20. The van der Waals surface area contributed by atoms with Crippen LogP contribution in [0.15, 0.2) is 24.3 Å². The van der Waals surface area contributed by atoms with Crippen LogP contribution in [0, 0.1) is 5.41 Å². The first-order valence-electron chi connectivity index (χ1n) is 9.78. The Morgan fingerprint density at radius 1 is 1.29 bits per heavy atom. The molecule has 11 nitrogen and oxygen atoms in total. The van der Waals surface area contributed by atoms with Gasteiger partial charge in [-0.2, -0.15) is 5.48 Å². The second-order valence-electron chi connectivity index (χ2n) is 8.11. The Labute approximate surface area is 180 Å². The number of alkyl carbamates (subject to hydrolysis) is 1. The zero-order valence-electron chi connectivity index (χ0n) is 17.8. The smallest absolute Gasteiger partial charge is 0.413 e. The number of rotatable bonds is 6. The number of carbonyl (C=O) groups excluding carboxylic acids is 3. The molecular weight excluding hydrogens is 406 g/mol. The van der Waals surface area contributed by atoms with E-state index in [1.165, 1.54) is 0 Å². The van der Waals surface area contributed by atoms with E-state index in [2.05, 4.69) is 15.5 Å². The fourth-order valence-corrected chi connectivity index (χ4v) is 2.74. The Morgan fingerprint density at radius 3 is 2.52 bits per heavy atom. The van der Waals surface area contributed by atoms with E-state index >= 15 is 0 Å². The van der Waals surface area contributed by atoms with Gasteiger partial charge in [0.25, 0.3) is 0 Å². The highest BCUT2D eigenvalue weighted by Crippen LogP contribution is 2.27. The molecule has 0 unspecified atom stereocenters. The number of hydrogen-bond acceptors (Lipinski definition) is 10. The summed E-state index contributed by atoms with van der Waals surface area (Å²) in [4.78, 5) is 40.6. The summed E-state index contributed by atoms with van der Waals surface area (Å²) >= 11 is 0. The van der Waals surface area contributed by atoms with Gasteiger partial charge < -0.3 is 20.9 Å². The molecule has 0 radical (unpaired) electrons. The van der Waals surface area contributed by atoms with Crippen LogP contribution in [0.25, 0.3) is 0 Å². The monoisotopic (exact) mass is 435 g/mol. The van der Waals surface area contributed by atoms with Gasteiger partial charge in [-0.3, -0.25) is 20.4 Å². The van der Waals surface area contributed by atoms with Gasteiger partial charge in [0.2, 0.25) is 0 Å². The number of carbonyl (C=O) groups is 3. The zero-order chi connectivity index (χ0) is 23.2. The first-order valence-corrected chi connectivity index (χ1v) is 9.78. The van der Waals surface area contributed by atoms with E-state index < -0.39 is 35.8 Å². The van der Waals surface area contributed by atoms with Crippen LogP contribution >= 0.6 is 0 Å². The highest BCUT2D eigenvalue weighted by molar-refractivity contribution is 6.04. The topological polar surface area (TPSA) is 179 Å². The van der Waals surface area contributed by atoms with Gasteiger partial charge in [0.05, 0.1) is 18.6 Å². The summed E-state index contributed by atoms with van der Waals surface area (Å²) in [5.74, 6) is -1.69. The van der Waals surface area contributed by atoms with E-state index in [0.717, 1.165) is 5.56 Å². The molecule has 3 atom stereocenters. The molecule has 1 aliphatic rings. The number of ether oxygens (including phenoxy) is 2. The first kappa shape index (κ1) is 24.4. The summed E-state index contributed by atoms with van der Waals surface area (Å²) < 4.78 is 9.78. The van der Waals surface area contributed by atoms with E-state index in [1.807, 2.05) is 0 Å². The number of nitrogens with one attached hydrogen (secondary N) is 3. The number of hydroxylamine groups is 1. The largest absolute Gasteiger partial charge is 0.444 e. The molecule has 170 valence electrons. The third-order valence-electron chi connectivity index (χ3n) is 4.27. The predicted octanol–water partition coefficient (Wildman–Crippen LogP) is 0.617. The van der Waals surface area contributed by atoms with Crippen molar-refractivity contribution in [1.29, 1.82) is 5.41 Å². The van der Waals surface area contributed by atoms with Gasteiger partial charge in [0.15, 0.2) is 0 Å². The molecule has 0 saturated carbocycles. The molecule has 1 aromatic carbocycles. The van der Waals surface area contributed by atoms with Crippen LogP contribution in [0.2, 0.25) is 0 Å². The minimum Gasteiger partial charge on any atom is -0.444 e. The van der Waals surface area contributed by atoms with E-state index in [1.54, 1.807) is 45.0 Å². The number of benzene rings is 1. The van der Waals surface area contributed by atoms with Crippen molar-refractivity contribution in [3.8, 4) is 0 Å². The van der Waals surface area contributed by atoms with Crippen LogP contribution < -0.4 is 22.3 Å². The highest BCUT2D eigenvalue weighted by Gasteiger charge is 2.30. The molecule has 1 heterocycles. The third kappa shape index (κ3) is 7.72. The molecule has 1 aromatic rings. The molecule has 0 spiro atoms. The number of hydrogen-bond donors (Lipinski definition) is 5. The van der Waals surface area contributed by atoms with Crippen molar-refractivity contribution < 1.29 is 28.7 Å². The standard InChI is InChI=1S/C20H29N5O6/c1-20(2,3)30-19(28)24-17(23)12-6-4-11(5-7-12)15-8-13(31-25-15)9-16(26)29-18(27)14(22)10-21/h4-7,13-15,25H,8-10,21-22H2,1-3H3,(H2,23,24,28)/t13-,14+,15+/m1/s1. The molecule has 0 aromatic heterocycles. The first-order chi connectivity index (χ1) is 14.5. The molecule has 0 aliphatic carbocycles. The fraction of sp³-hybridized carbons (Fsp3) is 0.500. The lowest BCUT2D eigenvalue weighted by Crippen LogP contribution is -2.40. The van der Waals surface area contributed by atoms with Gasteiger partial charge in [-0.15, -0.1) is 0 Å². The summed E-state index contributed by atoms with van der Waals surface area (Å²) in [7, 11) is 0. The van der Waals surface area contributed by atoms with Gasteiger partial charge in [-0.25, -0.2) is 9.59 Å². The molecule has 1 saturated heterocycles. The zero-order valence-corrected chi connectivity index (χ0v) is 17.8. The molecule has 1 aliphatic heterocycles. The van der Waals surface area contributed by atoms with Crippen molar-refractivity contribution in [2.75, 3.05) is 6.54 Å². The Balaban J connectivity index is 1.86. The SMILES string of the molecule is CC(C)(C)OC(=O)NC(=N)c1ccc([C@@H]2C[C@H](CC(=O)OC(=O)[C@@H](N)CN)ON2)cc1. The molecule has 31 heavy (non-hydrogen) atoms. The number of amides is 1. The van der Waals surface area contributed by atoms with E-state index in [4.69, 9.17) is 26.5 Å². The quantitative estimate of drug-likeness (QED) is 0.185. The lowest BCUT2D eigenvalue weighted by atomic mass is 10.00. The molecule has 11 heteroatoms. The lowest BCUT2D eigenvalue weighted by molar-refractivity contribution is -0.162. The maximum atomic E-state index is 11.9. The van der Waals surface area contributed by atoms with E-state index in [-0.39, 0.29) is 24.8 Å². The number of amidine groups is 1. The van der Waals surface area contributed by atoms with Crippen LogP contribution in [0.5, 0.6) is 0 Å². The van der Waals surface area contributed by atoms with Crippen molar-refractivity contribution in [2.45, 2.75) is 57.4 Å². The molecule has 1 fully saturated rings. The second kappa shape index (κ2) is 10.4. The normalized spacial score (nSPS) is 19.4. The van der Waals surface area contributed by atoms with Gasteiger partial charge in [0, 0.05) is 12.1 Å². The van der Waals surface area contributed by atoms with Crippen LogP contribution in [-0.4, -0.2) is 48.2 Å². The summed E-state index contributed by atoms with van der Waals surface area (Å²) in [6.07, 6.45) is -0.826. The van der Waals surface area contributed by atoms with Crippen molar-refractivity contribution in [3.05, 3.63) is 35.4 Å². The van der Waals surface area contributed by atoms with E-state index in [9.17, 15) is 14.4 Å². The third-order valence-corrected chi connectivity index (χ3v) is 4.27. The van der Waals surface area contributed by atoms with Gasteiger partial charge in [-0.05, 0) is 32.8 Å². The maximum absolute atomic E-state index is 11.9. The minimum atomic E-state index is -1.04. The second-order valence-corrected chi connectivity index (χ2v) is 8.11. The number of esters is 2. The van der Waals surface area contributed by atoms with Crippen molar-refractivity contribution >= 4 is 23.9 Å². The summed E-state index contributed by atoms with van der Waals surface area (Å²) in [6, 6.07) is 5.71. The maximum Gasteiger partial charge on any atom is 0.413 e. The molecular formula is C20H29N5O6. The molecule has 1 amide bonds. The van der Waals surface area contributed by atoms with Gasteiger partial charge in [-0.1, -0.05) is 24.3 Å². The summed E-state index contributed by atoms with van der Waals surface area (Å²) in [5.41, 5.74) is 14.2. The average molecular weight is 435 g/mol.